The molecule has 1 atom stereocenters. The van der Waals surface area contributed by atoms with Crippen LogP contribution >= 0.6 is 22.9 Å². The van der Waals surface area contributed by atoms with Crippen LogP contribution < -0.4 is 11.1 Å². The largest absolute Gasteiger partial charge is 0.349 e. The second-order valence-corrected chi connectivity index (χ2v) is 5.78. The highest BCUT2D eigenvalue weighted by Crippen LogP contribution is 2.26. The molecule has 1 aromatic rings. The predicted octanol–water partition coefficient (Wildman–Crippen LogP) is 3.10. The fourth-order valence-corrected chi connectivity index (χ4v) is 2.62. The Labute approximate surface area is 111 Å². The highest BCUT2D eigenvalue weighted by molar-refractivity contribution is 7.16. The summed E-state index contributed by atoms with van der Waals surface area (Å²) in [6, 6.07) is 3.84. The van der Waals surface area contributed by atoms with E-state index >= 15 is 0 Å². The highest BCUT2D eigenvalue weighted by atomic mass is 35.5. The van der Waals surface area contributed by atoms with E-state index in [4.69, 9.17) is 17.3 Å². The molecule has 96 valence electrons. The molecule has 1 heterocycles. The Bertz CT molecular complexity index is 354. The molecule has 0 saturated carbocycles. The number of rotatable bonds is 7. The van der Waals surface area contributed by atoms with Gasteiger partial charge in [-0.25, -0.2) is 0 Å². The summed E-state index contributed by atoms with van der Waals surface area (Å²) in [4.78, 5) is 12.7. The average Bonchev–Trinajstić information content (AvgIpc) is 2.71. The molecule has 3 nitrogen and oxygen atoms in total. The van der Waals surface area contributed by atoms with E-state index in [1.165, 1.54) is 11.3 Å². The molecule has 0 aliphatic carbocycles. The van der Waals surface area contributed by atoms with Crippen LogP contribution in [0.1, 0.15) is 43.5 Å². The number of nitrogens with two attached hydrogens (primary N) is 1. The van der Waals surface area contributed by atoms with Gasteiger partial charge >= 0.3 is 0 Å². The minimum atomic E-state index is 0.0366. The summed E-state index contributed by atoms with van der Waals surface area (Å²) in [5.74, 6) is 0.0963. The summed E-state index contributed by atoms with van der Waals surface area (Å²) < 4.78 is 0.754. The third-order valence-electron chi connectivity index (χ3n) is 2.51. The van der Waals surface area contributed by atoms with Gasteiger partial charge in [0.1, 0.15) is 0 Å². The zero-order chi connectivity index (χ0) is 12.7. The summed E-state index contributed by atoms with van der Waals surface area (Å²) in [6.07, 6.45) is 3.48. The number of amides is 1. The van der Waals surface area contributed by atoms with Gasteiger partial charge in [0.25, 0.3) is 0 Å². The molecule has 0 saturated heterocycles. The first kappa shape index (κ1) is 14.5. The smallest absolute Gasteiger partial charge is 0.220 e. The summed E-state index contributed by atoms with van der Waals surface area (Å²) in [6.45, 7) is 2.67. The molecule has 0 aromatic carbocycles. The molecule has 0 fully saturated rings. The number of unbranched alkanes of at least 4 members (excludes halogenated alkanes) is 2. The fraction of sp³-hybridized carbons (Fsp3) is 0.583. The third kappa shape index (κ3) is 5.52. The van der Waals surface area contributed by atoms with Crippen LogP contribution in [-0.4, -0.2) is 12.5 Å². The molecule has 1 amide bonds. The van der Waals surface area contributed by atoms with Crippen molar-refractivity contribution in [1.29, 1.82) is 0 Å². The quantitative estimate of drug-likeness (QED) is 0.751. The van der Waals surface area contributed by atoms with Crippen LogP contribution in [0.2, 0.25) is 4.34 Å². The Morgan fingerprint density at radius 3 is 2.82 bits per heavy atom. The van der Waals surface area contributed by atoms with Gasteiger partial charge in [-0.2, -0.15) is 0 Å². The molecule has 1 aromatic heterocycles. The topological polar surface area (TPSA) is 55.1 Å². The standard InChI is InChI=1S/C12H19ClN2OS/c1-9(10-6-7-11(13)17-10)15-12(16)5-3-2-4-8-14/h6-7,9H,2-5,8,14H2,1H3,(H,15,16). The second-order valence-electron chi connectivity index (χ2n) is 4.03. The Balaban J connectivity index is 2.26. The van der Waals surface area contributed by atoms with Crippen molar-refractivity contribution in [2.24, 2.45) is 5.73 Å². The fourth-order valence-electron chi connectivity index (χ4n) is 1.55. The van der Waals surface area contributed by atoms with Crippen LogP contribution in [0.15, 0.2) is 12.1 Å². The van der Waals surface area contributed by atoms with E-state index in [9.17, 15) is 4.79 Å². The van der Waals surface area contributed by atoms with Crippen molar-refractivity contribution in [2.75, 3.05) is 6.54 Å². The van der Waals surface area contributed by atoms with E-state index in [-0.39, 0.29) is 11.9 Å². The molecule has 0 spiro atoms. The van der Waals surface area contributed by atoms with Crippen LogP contribution in [0.25, 0.3) is 0 Å². The van der Waals surface area contributed by atoms with Crippen molar-refractivity contribution in [3.05, 3.63) is 21.3 Å². The van der Waals surface area contributed by atoms with Gasteiger partial charge in [0.15, 0.2) is 0 Å². The molecule has 0 aliphatic rings. The summed E-state index contributed by atoms with van der Waals surface area (Å²) in [5, 5.41) is 2.97. The van der Waals surface area contributed by atoms with Gasteiger partial charge in [-0.15, -0.1) is 11.3 Å². The minimum Gasteiger partial charge on any atom is -0.349 e. The lowest BCUT2D eigenvalue weighted by Gasteiger charge is -2.11. The second kappa shape index (κ2) is 7.69. The van der Waals surface area contributed by atoms with Gasteiger partial charge < -0.3 is 11.1 Å². The van der Waals surface area contributed by atoms with E-state index in [0.717, 1.165) is 28.5 Å². The number of nitrogens with one attached hydrogen (secondary N) is 1. The number of hydrogen-bond acceptors (Lipinski definition) is 3. The number of thiophene rings is 1. The minimum absolute atomic E-state index is 0.0366. The van der Waals surface area contributed by atoms with Gasteiger partial charge in [-0.3, -0.25) is 4.79 Å². The molecule has 17 heavy (non-hydrogen) atoms. The zero-order valence-electron chi connectivity index (χ0n) is 10.0. The Morgan fingerprint density at radius 2 is 2.24 bits per heavy atom. The predicted molar refractivity (Wildman–Crippen MR) is 73.4 cm³/mol. The van der Waals surface area contributed by atoms with E-state index in [1.54, 1.807) is 0 Å². The molecule has 0 aliphatic heterocycles. The van der Waals surface area contributed by atoms with E-state index in [1.807, 2.05) is 19.1 Å². The number of halogens is 1. The third-order valence-corrected chi connectivity index (χ3v) is 3.92. The summed E-state index contributed by atoms with van der Waals surface area (Å²) >= 11 is 7.36. The van der Waals surface area contributed by atoms with E-state index in [2.05, 4.69) is 5.32 Å². The lowest BCUT2D eigenvalue weighted by atomic mass is 10.2. The first-order valence-electron chi connectivity index (χ1n) is 5.88. The van der Waals surface area contributed by atoms with Crippen LogP contribution in [0.4, 0.5) is 0 Å². The number of carbonyl (C=O) groups excluding carboxylic acids is 1. The highest BCUT2D eigenvalue weighted by Gasteiger charge is 2.11. The molecule has 3 N–H and O–H groups in total. The normalized spacial score (nSPS) is 12.4. The van der Waals surface area contributed by atoms with Crippen molar-refractivity contribution in [1.82, 2.24) is 5.32 Å². The molecule has 5 heteroatoms. The van der Waals surface area contributed by atoms with Crippen LogP contribution in [0.3, 0.4) is 0 Å². The molecular formula is C12H19ClN2OS. The first-order chi connectivity index (χ1) is 8.13. The van der Waals surface area contributed by atoms with Crippen molar-refractivity contribution >= 4 is 28.8 Å². The van der Waals surface area contributed by atoms with E-state index < -0.39 is 0 Å². The van der Waals surface area contributed by atoms with Gasteiger partial charge in [0, 0.05) is 11.3 Å². The molecule has 1 unspecified atom stereocenters. The van der Waals surface area contributed by atoms with Crippen LogP contribution in [-0.2, 0) is 4.79 Å². The van der Waals surface area contributed by atoms with Gasteiger partial charge in [-0.05, 0) is 38.4 Å². The molecule has 1 rings (SSSR count). The zero-order valence-corrected chi connectivity index (χ0v) is 11.6. The van der Waals surface area contributed by atoms with E-state index in [0.29, 0.717) is 13.0 Å². The van der Waals surface area contributed by atoms with Crippen LogP contribution in [0.5, 0.6) is 0 Å². The lowest BCUT2D eigenvalue weighted by molar-refractivity contribution is -0.121. The molecular weight excluding hydrogens is 256 g/mol. The Hall–Kier alpha value is -0.580. The van der Waals surface area contributed by atoms with Gasteiger partial charge in [-0.1, -0.05) is 18.0 Å². The number of carbonyl (C=O) groups is 1. The SMILES string of the molecule is CC(NC(=O)CCCCCN)c1ccc(Cl)s1. The molecule has 0 radical (unpaired) electrons. The van der Waals surface area contributed by atoms with Crippen molar-refractivity contribution in [2.45, 2.75) is 38.6 Å². The van der Waals surface area contributed by atoms with Gasteiger partial charge in [0.05, 0.1) is 10.4 Å². The maximum atomic E-state index is 11.6. The maximum absolute atomic E-state index is 11.6. The van der Waals surface area contributed by atoms with Crippen molar-refractivity contribution < 1.29 is 4.79 Å². The Kier molecular flexibility index (Phi) is 6.55. The summed E-state index contributed by atoms with van der Waals surface area (Å²) in [5.41, 5.74) is 5.39. The summed E-state index contributed by atoms with van der Waals surface area (Å²) in [7, 11) is 0. The average molecular weight is 275 g/mol. The molecule has 0 bridgehead atoms. The maximum Gasteiger partial charge on any atom is 0.220 e. The first-order valence-corrected chi connectivity index (χ1v) is 7.07. The lowest BCUT2D eigenvalue weighted by Crippen LogP contribution is -2.25. The van der Waals surface area contributed by atoms with Gasteiger partial charge in [0.2, 0.25) is 5.91 Å². The monoisotopic (exact) mass is 274 g/mol. The Morgan fingerprint density at radius 1 is 1.47 bits per heavy atom. The number of hydrogen-bond donors (Lipinski definition) is 2. The van der Waals surface area contributed by atoms with Crippen molar-refractivity contribution in [3.63, 3.8) is 0 Å². The van der Waals surface area contributed by atoms with Crippen molar-refractivity contribution in [3.8, 4) is 0 Å². The van der Waals surface area contributed by atoms with Crippen LogP contribution in [0, 0.1) is 0 Å².